The number of anilines is 1. The maximum atomic E-state index is 11.5. The van der Waals surface area contributed by atoms with Gasteiger partial charge in [-0.25, -0.2) is 4.98 Å². The minimum atomic E-state index is -0.201. The Hall–Kier alpha value is -1.36. The van der Waals surface area contributed by atoms with Gasteiger partial charge in [0.1, 0.15) is 11.0 Å². The monoisotopic (exact) mass is 256 g/mol. The zero-order valence-electron chi connectivity index (χ0n) is 10.2. The SMILES string of the molecule is CC(C)(C)NC(=O)CCNc1cncc(Cl)n1. The van der Waals surface area contributed by atoms with Gasteiger partial charge in [0.15, 0.2) is 0 Å². The van der Waals surface area contributed by atoms with E-state index in [9.17, 15) is 4.79 Å². The van der Waals surface area contributed by atoms with Crippen molar-refractivity contribution in [2.24, 2.45) is 0 Å². The van der Waals surface area contributed by atoms with Crippen LogP contribution >= 0.6 is 11.6 Å². The number of hydrogen-bond donors (Lipinski definition) is 2. The first kappa shape index (κ1) is 13.7. The average Bonchev–Trinajstić information content (AvgIpc) is 2.14. The van der Waals surface area contributed by atoms with E-state index < -0.39 is 0 Å². The maximum Gasteiger partial charge on any atom is 0.222 e. The van der Waals surface area contributed by atoms with E-state index in [1.54, 1.807) is 6.20 Å². The Balaban J connectivity index is 2.31. The highest BCUT2D eigenvalue weighted by Crippen LogP contribution is 2.06. The third-order valence-electron chi connectivity index (χ3n) is 1.78. The van der Waals surface area contributed by atoms with Crippen LogP contribution in [0.4, 0.5) is 5.82 Å². The van der Waals surface area contributed by atoms with Gasteiger partial charge in [-0.1, -0.05) is 11.6 Å². The van der Waals surface area contributed by atoms with Crippen LogP contribution in [0.15, 0.2) is 12.4 Å². The number of aromatic nitrogens is 2. The molecule has 5 nitrogen and oxygen atoms in total. The summed E-state index contributed by atoms with van der Waals surface area (Å²) in [6.07, 6.45) is 3.40. The highest BCUT2D eigenvalue weighted by atomic mass is 35.5. The third kappa shape index (κ3) is 6.06. The molecule has 0 atom stereocenters. The van der Waals surface area contributed by atoms with Crippen molar-refractivity contribution >= 4 is 23.3 Å². The summed E-state index contributed by atoms with van der Waals surface area (Å²) in [5.41, 5.74) is -0.201. The van der Waals surface area contributed by atoms with Gasteiger partial charge in [0, 0.05) is 18.5 Å². The Morgan fingerprint density at radius 2 is 2.12 bits per heavy atom. The van der Waals surface area contributed by atoms with Crippen molar-refractivity contribution in [1.29, 1.82) is 0 Å². The van der Waals surface area contributed by atoms with E-state index in [2.05, 4.69) is 20.6 Å². The molecule has 0 aliphatic carbocycles. The normalized spacial score (nSPS) is 11.1. The van der Waals surface area contributed by atoms with Crippen molar-refractivity contribution in [2.45, 2.75) is 32.7 Å². The Morgan fingerprint density at radius 3 is 2.71 bits per heavy atom. The number of rotatable bonds is 4. The molecule has 1 rings (SSSR count). The summed E-state index contributed by atoms with van der Waals surface area (Å²) in [5, 5.41) is 6.19. The van der Waals surface area contributed by atoms with E-state index in [1.807, 2.05) is 20.8 Å². The van der Waals surface area contributed by atoms with E-state index in [1.165, 1.54) is 6.20 Å². The number of nitrogens with one attached hydrogen (secondary N) is 2. The van der Waals surface area contributed by atoms with Crippen LogP contribution in [-0.4, -0.2) is 28.0 Å². The average molecular weight is 257 g/mol. The summed E-state index contributed by atoms with van der Waals surface area (Å²) in [7, 11) is 0. The smallest absolute Gasteiger partial charge is 0.222 e. The van der Waals surface area contributed by atoms with Crippen LogP contribution in [0.3, 0.4) is 0 Å². The van der Waals surface area contributed by atoms with Gasteiger partial charge in [0.2, 0.25) is 5.91 Å². The fourth-order valence-electron chi connectivity index (χ4n) is 1.21. The molecule has 0 bridgehead atoms. The second kappa shape index (κ2) is 5.82. The lowest BCUT2D eigenvalue weighted by atomic mass is 10.1. The van der Waals surface area contributed by atoms with Gasteiger partial charge >= 0.3 is 0 Å². The first-order valence-electron chi connectivity index (χ1n) is 5.39. The number of hydrogen-bond acceptors (Lipinski definition) is 4. The topological polar surface area (TPSA) is 66.9 Å². The summed E-state index contributed by atoms with van der Waals surface area (Å²) in [5.74, 6) is 0.570. The van der Waals surface area contributed by atoms with Crippen LogP contribution < -0.4 is 10.6 Å². The number of carbonyl (C=O) groups excluding carboxylic acids is 1. The Kier molecular flexibility index (Phi) is 4.69. The molecule has 0 saturated heterocycles. The molecule has 17 heavy (non-hydrogen) atoms. The molecular weight excluding hydrogens is 240 g/mol. The quantitative estimate of drug-likeness (QED) is 0.863. The molecule has 1 amide bonds. The summed E-state index contributed by atoms with van der Waals surface area (Å²) in [4.78, 5) is 19.4. The lowest BCUT2D eigenvalue weighted by Crippen LogP contribution is -2.41. The molecule has 0 radical (unpaired) electrons. The second-order valence-electron chi connectivity index (χ2n) is 4.70. The Labute approximate surface area is 106 Å². The molecule has 0 fully saturated rings. The molecule has 0 spiro atoms. The standard InChI is InChI=1S/C11H17ClN4O/c1-11(2,3)16-10(17)4-5-14-9-7-13-6-8(12)15-9/h6-7H,4-5H2,1-3H3,(H,14,15)(H,16,17). The largest absolute Gasteiger partial charge is 0.368 e. The summed E-state index contributed by atoms with van der Waals surface area (Å²) >= 11 is 5.68. The number of amides is 1. The first-order chi connectivity index (χ1) is 7.87. The van der Waals surface area contributed by atoms with E-state index in [0.717, 1.165) is 0 Å². The molecule has 1 heterocycles. The van der Waals surface area contributed by atoms with E-state index in [4.69, 9.17) is 11.6 Å². The zero-order valence-corrected chi connectivity index (χ0v) is 11.0. The summed E-state index contributed by atoms with van der Waals surface area (Å²) in [6.45, 7) is 6.33. The molecule has 0 aromatic carbocycles. The molecule has 0 aliphatic heterocycles. The van der Waals surface area contributed by atoms with Crippen LogP contribution in [0.1, 0.15) is 27.2 Å². The van der Waals surface area contributed by atoms with Crippen molar-refractivity contribution < 1.29 is 4.79 Å². The van der Waals surface area contributed by atoms with Gasteiger partial charge < -0.3 is 10.6 Å². The minimum Gasteiger partial charge on any atom is -0.368 e. The van der Waals surface area contributed by atoms with Crippen LogP contribution in [0.5, 0.6) is 0 Å². The molecule has 94 valence electrons. The fourth-order valence-corrected chi connectivity index (χ4v) is 1.36. The van der Waals surface area contributed by atoms with Crippen molar-refractivity contribution in [3.05, 3.63) is 17.5 Å². The molecular formula is C11H17ClN4O. The van der Waals surface area contributed by atoms with Gasteiger partial charge in [0.25, 0.3) is 0 Å². The molecule has 0 saturated carbocycles. The van der Waals surface area contributed by atoms with E-state index in [0.29, 0.717) is 23.9 Å². The molecule has 0 unspecified atom stereocenters. The predicted octanol–water partition coefficient (Wildman–Crippen LogP) is 1.85. The molecule has 2 N–H and O–H groups in total. The molecule has 1 aromatic heterocycles. The van der Waals surface area contributed by atoms with Crippen LogP contribution in [-0.2, 0) is 4.79 Å². The van der Waals surface area contributed by atoms with Crippen LogP contribution in [0.25, 0.3) is 0 Å². The first-order valence-corrected chi connectivity index (χ1v) is 5.77. The fraction of sp³-hybridized carbons (Fsp3) is 0.545. The lowest BCUT2D eigenvalue weighted by molar-refractivity contribution is -0.122. The number of halogens is 1. The van der Waals surface area contributed by atoms with Gasteiger partial charge in [-0.3, -0.25) is 9.78 Å². The number of nitrogens with zero attached hydrogens (tertiary/aromatic N) is 2. The molecule has 0 aliphatic rings. The van der Waals surface area contributed by atoms with Crippen molar-refractivity contribution in [2.75, 3.05) is 11.9 Å². The Bertz CT molecular complexity index is 389. The van der Waals surface area contributed by atoms with Gasteiger partial charge in [-0.2, -0.15) is 0 Å². The van der Waals surface area contributed by atoms with Crippen LogP contribution in [0, 0.1) is 0 Å². The van der Waals surface area contributed by atoms with Gasteiger partial charge in [0.05, 0.1) is 12.4 Å². The van der Waals surface area contributed by atoms with Gasteiger partial charge in [-0.05, 0) is 20.8 Å². The minimum absolute atomic E-state index is 0.0000118. The van der Waals surface area contributed by atoms with Crippen LogP contribution in [0.2, 0.25) is 5.15 Å². The second-order valence-corrected chi connectivity index (χ2v) is 5.09. The van der Waals surface area contributed by atoms with Crippen molar-refractivity contribution in [1.82, 2.24) is 15.3 Å². The summed E-state index contributed by atoms with van der Waals surface area (Å²) < 4.78 is 0. The highest BCUT2D eigenvalue weighted by Gasteiger charge is 2.12. The predicted molar refractivity (Wildman–Crippen MR) is 68.0 cm³/mol. The summed E-state index contributed by atoms with van der Waals surface area (Å²) in [6, 6.07) is 0. The van der Waals surface area contributed by atoms with Crippen molar-refractivity contribution in [3.8, 4) is 0 Å². The van der Waals surface area contributed by atoms with Crippen molar-refractivity contribution in [3.63, 3.8) is 0 Å². The maximum absolute atomic E-state index is 11.5. The zero-order chi connectivity index (χ0) is 12.9. The molecule has 6 heteroatoms. The lowest BCUT2D eigenvalue weighted by Gasteiger charge is -2.20. The van der Waals surface area contributed by atoms with E-state index in [-0.39, 0.29) is 11.4 Å². The van der Waals surface area contributed by atoms with E-state index >= 15 is 0 Å². The molecule has 1 aromatic rings. The van der Waals surface area contributed by atoms with Gasteiger partial charge in [-0.15, -0.1) is 0 Å². The number of carbonyl (C=O) groups is 1. The Morgan fingerprint density at radius 1 is 1.41 bits per heavy atom. The third-order valence-corrected chi connectivity index (χ3v) is 1.96. The highest BCUT2D eigenvalue weighted by molar-refractivity contribution is 6.29.